The van der Waals surface area contributed by atoms with E-state index in [-0.39, 0.29) is 23.3 Å². The minimum atomic E-state index is -0.510. The number of halogens is 2. The first-order valence-electron chi connectivity index (χ1n) is 9.10. The highest BCUT2D eigenvalue weighted by atomic mass is 35.5. The monoisotopic (exact) mass is 388 g/mol. The van der Waals surface area contributed by atoms with Gasteiger partial charge in [0.2, 0.25) is 5.91 Å². The number of benzene rings is 2. The lowest BCUT2D eigenvalue weighted by molar-refractivity contribution is -0.126. The fourth-order valence-corrected chi connectivity index (χ4v) is 3.40. The summed E-state index contributed by atoms with van der Waals surface area (Å²) >= 11 is 5.86. The molecular formula is C21H22ClFN2O2. The van der Waals surface area contributed by atoms with Crippen molar-refractivity contribution in [3.63, 3.8) is 0 Å². The highest BCUT2D eigenvalue weighted by molar-refractivity contribution is 6.30. The topological polar surface area (TPSA) is 49.4 Å². The van der Waals surface area contributed by atoms with Crippen LogP contribution in [-0.2, 0) is 11.2 Å². The molecule has 0 aliphatic carbocycles. The van der Waals surface area contributed by atoms with Crippen LogP contribution in [0.3, 0.4) is 0 Å². The second-order valence-corrected chi connectivity index (χ2v) is 7.15. The van der Waals surface area contributed by atoms with Gasteiger partial charge in [-0.25, -0.2) is 4.39 Å². The average molecular weight is 389 g/mol. The zero-order valence-corrected chi connectivity index (χ0v) is 15.7. The summed E-state index contributed by atoms with van der Waals surface area (Å²) in [5, 5.41) is 3.66. The van der Waals surface area contributed by atoms with Gasteiger partial charge in [-0.3, -0.25) is 9.59 Å². The highest BCUT2D eigenvalue weighted by Crippen LogP contribution is 2.20. The maximum atomic E-state index is 13.8. The minimum Gasteiger partial charge on any atom is -0.356 e. The fourth-order valence-electron chi connectivity index (χ4n) is 3.28. The van der Waals surface area contributed by atoms with E-state index in [9.17, 15) is 14.0 Å². The zero-order chi connectivity index (χ0) is 19.2. The van der Waals surface area contributed by atoms with Gasteiger partial charge in [0.25, 0.3) is 5.91 Å². The third-order valence-corrected chi connectivity index (χ3v) is 5.14. The summed E-state index contributed by atoms with van der Waals surface area (Å²) in [4.78, 5) is 26.4. The van der Waals surface area contributed by atoms with E-state index in [0.717, 1.165) is 12.0 Å². The Morgan fingerprint density at radius 2 is 1.74 bits per heavy atom. The SMILES string of the molecule is O=C(NCCc1ccc(Cl)cc1)C1CCN(C(=O)c2ccccc2F)CC1. The molecule has 142 valence electrons. The van der Waals surface area contributed by atoms with Gasteiger partial charge in [0.1, 0.15) is 5.82 Å². The molecule has 2 aromatic rings. The van der Waals surface area contributed by atoms with Crippen LogP contribution in [-0.4, -0.2) is 36.3 Å². The maximum absolute atomic E-state index is 13.8. The van der Waals surface area contributed by atoms with Crippen LogP contribution in [0.15, 0.2) is 48.5 Å². The van der Waals surface area contributed by atoms with E-state index in [1.165, 1.54) is 12.1 Å². The van der Waals surface area contributed by atoms with Gasteiger partial charge in [0.15, 0.2) is 0 Å². The van der Waals surface area contributed by atoms with Crippen molar-refractivity contribution in [3.05, 3.63) is 70.5 Å². The molecule has 0 unspecified atom stereocenters. The zero-order valence-electron chi connectivity index (χ0n) is 15.0. The van der Waals surface area contributed by atoms with Crippen LogP contribution in [0.1, 0.15) is 28.8 Å². The molecule has 0 atom stereocenters. The van der Waals surface area contributed by atoms with Crippen LogP contribution in [0.4, 0.5) is 4.39 Å². The molecule has 1 aliphatic rings. The second kappa shape index (κ2) is 9.00. The number of nitrogens with zero attached hydrogens (tertiary/aromatic N) is 1. The first-order chi connectivity index (χ1) is 13.0. The highest BCUT2D eigenvalue weighted by Gasteiger charge is 2.28. The molecule has 2 amide bonds. The van der Waals surface area contributed by atoms with Crippen molar-refractivity contribution in [2.45, 2.75) is 19.3 Å². The summed E-state index contributed by atoms with van der Waals surface area (Å²) in [6, 6.07) is 13.6. The van der Waals surface area contributed by atoms with E-state index in [2.05, 4.69) is 5.32 Å². The lowest BCUT2D eigenvalue weighted by atomic mass is 9.95. The number of hydrogen-bond acceptors (Lipinski definition) is 2. The van der Waals surface area contributed by atoms with Crippen molar-refractivity contribution in [2.75, 3.05) is 19.6 Å². The van der Waals surface area contributed by atoms with Gasteiger partial charge in [0.05, 0.1) is 5.56 Å². The Morgan fingerprint density at radius 3 is 2.41 bits per heavy atom. The van der Waals surface area contributed by atoms with Crippen LogP contribution in [0.5, 0.6) is 0 Å². The third kappa shape index (κ3) is 5.07. The largest absolute Gasteiger partial charge is 0.356 e. The number of hydrogen-bond donors (Lipinski definition) is 1. The lowest BCUT2D eigenvalue weighted by Gasteiger charge is -2.31. The summed E-state index contributed by atoms with van der Waals surface area (Å²) in [6.07, 6.45) is 1.92. The van der Waals surface area contributed by atoms with Gasteiger partial charge in [-0.15, -0.1) is 0 Å². The number of carbonyl (C=O) groups is 2. The summed E-state index contributed by atoms with van der Waals surface area (Å²) in [7, 11) is 0. The van der Waals surface area contributed by atoms with Crippen molar-refractivity contribution in [3.8, 4) is 0 Å². The number of rotatable bonds is 5. The van der Waals surface area contributed by atoms with Gasteiger partial charge in [0, 0.05) is 30.6 Å². The Hall–Kier alpha value is -2.40. The van der Waals surface area contributed by atoms with Crippen molar-refractivity contribution < 1.29 is 14.0 Å². The first-order valence-corrected chi connectivity index (χ1v) is 9.48. The number of piperidine rings is 1. The molecule has 0 spiro atoms. The normalized spacial score (nSPS) is 14.8. The molecule has 4 nitrogen and oxygen atoms in total. The van der Waals surface area contributed by atoms with Gasteiger partial charge < -0.3 is 10.2 Å². The molecule has 1 N–H and O–H groups in total. The van der Waals surface area contributed by atoms with Gasteiger partial charge in [-0.1, -0.05) is 35.9 Å². The molecule has 1 fully saturated rings. The maximum Gasteiger partial charge on any atom is 0.256 e. The standard InChI is InChI=1S/C21H22ClFN2O2/c22-17-7-5-15(6-8-17)9-12-24-20(26)16-10-13-25(14-11-16)21(27)18-3-1-2-4-19(18)23/h1-8,16H,9-14H2,(H,24,26). The molecule has 6 heteroatoms. The summed E-state index contributed by atoms with van der Waals surface area (Å²) in [5.74, 6) is -0.916. The van der Waals surface area contributed by atoms with E-state index in [1.807, 2.05) is 24.3 Å². The number of amides is 2. The van der Waals surface area contributed by atoms with Gasteiger partial charge in [-0.2, -0.15) is 0 Å². The van der Waals surface area contributed by atoms with E-state index in [1.54, 1.807) is 17.0 Å². The number of nitrogens with one attached hydrogen (secondary N) is 1. The predicted octanol–water partition coefficient (Wildman–Crippen LogP) is 3.69. The minimum absolute atomic E-state index is 0.0157. The molecule has 0 saturated carbocycles. The smallest absolute Gasteiger partial charge is 0.256 e. The molecule has 27 heavy (non-hydrogen) atoms. The quantitative estimate of drug-likeness (QED) is 0.849. The van der Waals surface area contributed by atoms with Crippen molar-refractivity contribution >= 4 is 23.4 Å². The van der Waals surface area contributed by atoms with E-state index < -0.39 is 5.82 Å². The van der Waals surface area contributed by atoms with Crippen LogP contribution in [0, 0.1) is 11.7 Å². The summed E-state index contributed by atoms with van der Waals surface area (Å²) in [6.45, 7) is 1.49. The van der Waals surface area contributed by atoms with Crippen LogP contribution in [0.2, 0.25) is 5.02 Å². The molecule has 0 radical (unpaired) electrons. The van der Waals surface area contributed by atoms with Gasteiger partial charge in [-0.05, 0) is 49.1 Å². The van der Waals surface area contributed by atoms with Crippen LogP contribution in [0.25, 0.3) is 0 Å². The number of carbonyl (C=O) groups excluding carboxylic acids is 2. The Morgan fingerprint density at radius 1 is 1.07 bits per heavy atom. The fraction of sp³-hybridized carbons (Fsp3) is 0.333. The lowest BCUT2D eigenvalue weighted by Crippen LogP contribution is -2.43. The van der Waals surface area contributed by atoms with Crippen molar-refractivity contribution in [2.24, 2.45) is 5.92 Å². The summed E-state index contributed by atoms with van der Waals surface area (Å²) in [5.41, 5.74) is 1.20. The molecule has 2 aromatic carbocycles. The van der Waals surface area contributed by atoms with E-state index in [0.29, 0.717) is 37.5 Å². The van der Waals surface area contributed by atoms with Crippen molar-refractivity contribution in [1.82, 2.24) is 10.2 Å². The molecule has 0 aromatic heterocycles. The first kappa shape index (κ1) is 19.4. The Bertz CT molecular complexity index is 802. The Labute approximate surface area is 163 Å². The molecule has 1 aliphatic heterocycles. The third-order valence-electron chi connectivity index (χ3n) is 4.88. The van der Waals surface area contributed by atoms with Crippen molar-refractivity contribution in [1.29, 1.82) is 0 Å². The molecule has 1 heterocycles. The predicted molar refractivity (Wildman–Crippen MR) is 103 cm³/mol. The molecule has 1 saturated heterocycles. The molecular weight excluding hydrogens is 367 g/mol. The molecule has 3 rings (SSSR count). The van der Waals surface area contributed by atoms with Gasteiger partial charge >= 0.3 is 0 Å². The van der Waals surface area contributed by atoms with E-state index in [4.69, 9.17) is 11.6 Å². The van der Waals surface area contributed by atoms with Crippen LogP contribution >= 0.6 is 11.6 Å². The molecule has 0 bridgehead atoms. The summed E-state index contributed by atoms with van der Waals surface area (Å²) < 4.78 is 13.8. The Kier molecular flexibility index (Phi) is 6.45. The second-order valence-electron chi connectivity index (χ2n) is 6.71. The Balaban J connectivity index is 1.44. The van der Waals surface area contributed by atoms with Crippen LogP contribution < -0.4 is 5.32 Å². The van der Waals surface area contributed by atoms with E-state index >= 15 is 0 Å². The number of likely N-dealkylation sites (tertiary alicyclic amines) is 1. The average Bonchev–Trinajstić information content (AvgIpc) is 2.69.